The van der Waals surface area contributed by atoms with Gasteiger partial charge in [-0.05, 0) is 6.92 Å². The summed E-state index contributed by atoms with van der Waals surface area (Å²) >= 11 is 0. The lowest BCUT2D eigenvalue weighted by Crippen LogP contribution is -2.03. The van der Waals surface area contributed by atoms with E-state index in [9.17, 15) is 10.1 Å². The molecule has 0 unspecified atom stereocenters. The summed E-state index contributed by atoms with van der Waals surface area (Å²) in [6.45, 7) is 3.71. The molecule has 100 valence electrons. The second kappa shape index (κ2) is 7.50. The molecule has 0 aliphatic heterocycles. The number of benzene rings is 1. The summed E-state index contributed by atoms with van der Waals surface area (Å²) in [7, 11) is 1.62. The molecule has 1 N–H and O–H groups in total. The SMILES string of the molecule is CCNc1cc(OCCCOC)cc([N+](=O)[O-])c1. The number of hydrogen-bond acceptors (Lipinski definition) is 5. The van der Waals surface area contributed by atoms with Gasteiger partial charge in [0, 0.05) is 44.5 Å². The summed E-state index contributed by atoms with van der Waals surface area (Å²) in [4.78, 5) is 10.4. The number of hydrogen-bond donors (Lipinski definition) is 1. The van der Waals surface area contributed by atoms with E-state index in [0.29, 0.717) is 31.2 Å². The zero-order chi connectivity index (χ0) is 13.4. The molecule has 0 atom stereocenters. The van der Waals surface area contributed by atoms with Gasteiger partial charge in [-0.2, -0.15) is 0 Å². The molecule has 0 aliphatic rings. The van der Waals surface area contributed by atoms with Crippen LogP contribution < -0.4 is 10.1 Å². The zero-order valence-electron chi connectivity index (χ0n) is 10.6. The smallest absolute Gasteiger partial charge is 0.275 e. The van der Waals surface area contributed by atoms with Gasteiger partial charge in [0.25, 0.3) is 5.69 Å². The third-order valence-corrected chi connectivity index (χ3v) is 2.24. The van der Waals surface area contributed by atoms with E-state index in [2.05, 4.69) is 5.32 Å². The van der Waals surface area contributed by atoms with Gasteiger partial charge in [0.1, 0.15) is 5.75 Å². The maximum absolute atomic E-state index is 10.8. The highest BCUT2D eigenvalue weighted by atomic mass is 16.6. The molecule has 6 heteroatoms. The average Bonchev–Trinajstić information content (AvgIpc) is 2.35. The number of nitro groups is 1. The number of nitro benzene ring substituents is 1. The van der Waals surface area contributed by atoms with E-state index in [1.54, 1.807) is 13.2 Å². The first-order valence-electron chi connectivity index (χ1n) is 5.82. The van der Waals surface area contributed by atoms with Gasteiger partial charge in [-0.3, -0.25) is 10.1 Å². The third-order valence-electron chi connectivity index (χ3n) is 2.24. The molecule has 1 aromatic carbocycles. The van der Waals surface area contributed by atoms with Crippen LogP contribution in [0.4, 0.5) is 11.4 Å². The Kier molecular flexibility index (Phi) is 5.93. The zero-order valence-corrected chi connectivity index (χ0v) is 10.6. The molecule has 0 saturated heterocycles. The molecule has 0 amide bonds. The Hall–Kier alpha value is -1.82. The van der Waals surface area contributed by atoms with Gasteiger partial charge in [-0.1, -0.05) is 0 Å². The Labute approximate surface area is 106 Å². The van der Waals surface area contributed by atoms with E-state index in [1.165, 1.54) is 12.1 Å². The monoisotopic (exact) mass is 254 g/mol. The molecule has 18 heavy (non-hydrogen) atoms. The van der Waals surface area contributed by atoms with Crippen LogP contribution in [-0.4, -0.2) is 31.8 Å². The van der Waals surface area contributed by atoms with E-state index in [-0.39, 0.29) is 5.69 Å². The van der Waals surface area contributed by atoms with Crippen LogP contribution in [0.3, 0.4) is 0 Å². The summed E-state index contributed by atoms with van der Waals surface area (Å²) in [6, 6.07) is 4.67. The van der Waals surface area contributed by atoms with Crippen molar-refractivity contribution in [1.29, 1.82) is 0 Å². The fourth-order valence-electron chi connectivity index (χ4n) is 1.47. The second-order valence-corrected chi connectivity index (χ2v) is 3.70. The lowest BCUT2D eigenvalue weighted by Gasteiger charge is -2.09. The number of non-ortho nitro benzene ring substituents is 1. The maximum atomic E-state index is 10.8. The van der Waals surface area contributed by atoms with E-state index in [4.69, 9.17) is 9.47 Å². The molecular formula is C12H18N2O4. The van der Waals surface area contributed by atoms with Crippen molar-refractivity contribution in [1.82, 2.24) is 0 Å². The third kappa shape index (κ3) is 4.58. The van der Waals surface area contributed by atoms with Crippen LogP contribution >= 0.6 is 0 Å². The highest BCUT2D eigenvalue weighted by Gasteiger charge is 2.10. The Morgan fingerprint density at radius 1 is 1.33 bits per heavy atom. The van der Waals surface area contributed by atoms with Crippen LogP contribution in [0.5, 0.6) is 5.75 Å². The summed E-state index contributed by atoms with van der Waals surface area (Å²) in [5.74, 6) is 0.497. The molecule has 1 rings (SSSR count). The highest BCUT2D eigenvalue weighted by molar-refractivity contribution is 5.56. The van der Waals surface area contributed by atoms with Gasteiger partial charge in [-0.25, -0.2) is 0 Å². The topological polar surface area (TPSA) is 73.6 Å². The number of nitrogens with one attached hydrogen (secondary N) is 1. The van der Waals surface area contributed by atoms with Gasteiger partial charge in [0.05, 0.1) is 17.6 Å². The number of ether oxygens (including phenoxy) is 2. The van der Waals surface area contributed by atoms with Crippen LogP contribution in [0.2, 0.25) is 0 Å². The van der Waals surface area contributed by atoms with E-state index >= 15 is 0 Å². The van der Waals surface area contributed by atoms with Crippen molar-refractivity contribution in [2.75, 3.05) is 32.2 Å². The van der Waals surface area contributed by atoms with Gasteiger partial charge in [-0.15, -0.1) is 0 Å². The molecule has 0 spiro atoms. The van der Waals surface area contributed by atoms with Crippen LogP contribution in [0, 0.1) is 10.1 Å². The quantitative estimate of drug-likeness (QED) is 0.438. The van der Waals surface area contributed by atoms with Gasteiger partial charge >= 0.3 is 0 Å². The minimum atomic E-state index is -0.428. The van der Waals surface area contributed by atoms with Gasteiger partial charge in [0.15, 0.2) is 0 Å². The molecule has 6 nitrogen and oxygen atoms in total. The summed E-state index contributed by atoms with van der Waals surface area (Å²) in [5.41, 5.74) is 0.712. The van der Waals surface area contributed by atoms with Crippen LogP contribution in [0.15, 0.2) is 18.2 Å². The highest BCUT2D eigenvalue weighted by Crippen LogP contribution is 2.26. The molecule has 1 aromatic rings. The second-order valence-electron chi connectivity index (χ2n) is 3.70. The number of anilines is 1. The average molecular weight is 254 g/mol. The first-order chi connectivity index (χ1) is 8.67. The van der Waals surface area contributed by atoms with Crippen molar-refractivity contribution in [2.24, 2.45) is 0 Å². The fraction of sp³-hybridized carbons (Fsp3) is 0.500. The van der Waals surface area contributed by atoms with Crippen LogP contribution in [0.25, 0.3) is 0 Å². The molecule has 0 fully saturated rings. The first kappa shape index (κ1) is 14.2. The van der Waals surface area contributed by atoms with Gasteiger partial charge in [0.2, 0.25) is 0 Å². The minimum absolute atomic E-state index is 0.0233. The lowest BCUT2D eigenvalue weighted by molar-refractivity contribution is -0.384. The molecular weight excluding hydrogens is 236 g/mol. The summed E-state index contributed by atoms with van der Waals surface area (Å²) in [6.07, 6.45) is 0.746. The minimum Gasteiger partial charge on any atom is -0.493 e. The largest absolute Gasteiger partial charge is 0.493 e. The number of rotatable bonds is 8. The van der Waals surface area contributed by atoms with Crippen LogP contribution in [-0.2, 0) is 4.74 Å². The summed E-state index contributed by atoms with van der Waals surface area (Å²) < 4.78 is 10.4. The molecule has 0 aliphatic carbocycles. The Balaban J connectivity index is 2.72. The predicted octanol–water partition coefficient (Wildman–Crippen LogP) is 2.44. The number of methoxy groups -OCH3 is 1. The standard InChI is InChI=1S/C12H18N2O4/c1-3-13-10-7-11(14(15)16)9-12(8-10)18-6-4-5-17-2/h7-9,13H,3-6H2,1-2H3. The van der Waals surface area contributed by atoms with Crippen molar-refractivity contribution < 1.29 is 14.4 Å². The van der Waals surface area contributed by atoms with Crippen molar-refractivity contribution in [3.8, 4) is 5.75 Å². The maximum Gasteiger partial charge on any atom is 0.275 e. The van der Waals surface area contributed by atoms with Crippen molar-refractivity contribution >= 4 is 11.4 Å². The molecule has 0 radical (unpaired) electrons. The molecule has 0 heterocycles. The van der Waals surface area contributed by atoms with Gasteiger partial charge < -0.3 is 14.8 Å². The van der Waals surface area contributed by atoms with E-state index in [0.717, 1.165) is 6.42 Å². The van der Waals surface area contributed by atoms with Crippen molar-refractivity contribution in [2.45, 2.75) is 13.3 Å². The predicted molar refractivity (Wildman–Crippen MR) is 69.2 cm³/mol. The Morgan fingerprint density at radius 3 is 2.72 bits per heavy atom. The normalized spacial score (nSPS) is 10.1. The summed E-state index contributed by atoms with van der Waals surface area (Å²) in [5, 5.41) is 13.8. The van der Waals surface area contributed by atoms with Crippen molar-refractivity contribution in [3.05, 3.63) is 28.3 Å². The lowest BCUT2D eigenvalue weighted by atomic mass is 10.2. The molecule has 0 saturated carbocycles. The Bertz CT molecular complexity index is 396. The fourth-order valence-corrected chi connectivity index (χ4v) is 1.47. The molecule has 0 aromatic heterocycles. The molecule has 0 bridgehead atoms. The van der Waals surface area contributed by atoms with Crippen LogP contribution in [0.1, 0.15) is 13.3 Å². The Morgan fingerprint density at radius 2 is 2.11 bits per heavy atom. The first-order valence-corrected chi connectivity index (χ1v) is 5.82. The van der Waals surface area contributed by atoms with Crippen molar-refractivity contribution in [3.63, 3.8) is 0 Å². The number of nitrogens with zero attached hydrogens (tertiary/aromatic N) is 1. The van der Waals surface area contributed by atoms with E-state index in [1.807, 2.05) is 6.92 Å². The van der Waals surface area contributed by atoms with E-state index < -0.39 is 4.92 Å².